The normalized spacial score (nSPS) is 18.9. The first-order valence-corrected chi connectivity index (χ1v) is 9.00. The first-order valence-electron chi connectivity index (χ1n) is 8.63. The van der Waals surface area contributed by atoms with Crippen molar-refractivity contribution in [3.63, 3.8) is 0 Å². The molecular formula is C17H22ClN7O2. The summed E-state index contributed by atoms with van der Waals surface area (Å²) in [5, 5.41) is 20.0. The van der Waals surface area contributed by atoms with Crippen molar-refractivity contribution in [2.24, 2.45) is 0 Å². The van der Waals surface area contributed by atoms with Crippen LogP contribution in [0.15, 0.2) is 24.4 Å². The number of urea groups is 1. The molecule has 0 spiro atoms. The van der Waals surface area contributed by atoms with Crippen LogP contribution in [0.1, 0.15) is 23.7 Å². The van der Waals surface area contributed by atoms with Gasteiger partial charge in [-0.3, -0.25) is 4.79 Å². The van der Waals surface area contributed by atoms with Crippen LogP contribution in [-0.4, -0.2) is 46.6 Å². The van der Waals surface area contributed by atoms with Crippen molar-refractivity contribution in [1.82, 2.24) is 30.9 Å². The predicted octanol–water partition coefficient (Wildman–Crippen LogP) is 1.21. The molecule has 0 aliphatic carbocycles. The molecule has 27 heavy (non-hydrogen) atoms. The second-order valence-corrected chi connectivity index (χ2v) is 6.83. The van der Waals surface area contributed by atoms with Gasteiger partial charge in [-0.25, -0.2) is 9.48 Å². The van der Waals surface area contributed by atoms with E-state index >= 15 is 0 Å². The molecular weight excluding hydrogens is 370 g/mol. The van der Waals surface area contributed by atoms with Crippen LogP contribution in [-0.2, 0) is 11.3 Å². The maximum atomic E-state index is 12.0. The summed E-state index contributed by atoms with van der Waals surface area (Å²) in [6, 6.07) is 4.79. The lowest BCUT2D eigenvalue weighted by atomic mass is 10.1. The van der Waals surface area contributed by atoms with Crippen molar-refractivity contribution in [1.29, 1.82) is 0 Å². The zero-order chi connectivity index (χ0) is 19.4. The summed E-state index contributed by atoms with van der Waals surface area (Å²) in [7, 11) is 1.62. The van der Waals surface area contributed by atoms with E-state index in [1.165, 1.54) is 0 Å². The standard InChI is InChI=1S/C17H22ClN7O2/c1-10-3-4-11(5-14(10)18)22-17(27)21-7-12-9-25(24-23-12)13-6-15(20-8-13)16(26)19-2/h3-5,9,13,15,20H,6-8H2,1-2H3,(H,19,26)(H2,21,22,27)/t13-,15-/m0/s1. The number of anilines is 1. The van der Waals surface area contributed by atoms with E-state index in [4.69, 9.17) is 11.6 Å². The Labute approximate surface area is 161 Å². The lowest BCUT2D eigenvalue weighted by Crippen LogP contribution is -2.38. The number of carbonyl (C=O) groups excluding carboxylic acids is 2. The summed E-state index contributed by atoms with van der Waals surface area (Å²) in [5.41, 5.74) is 2.19. The number of likely N-dealkylation sites (N-methyl/N-ethyl adjacent to an activating group) is 1. The minimum Gasteiger partial charge on any atom is -0.358 e. The molecule has 1 saturated heterocycles. The molecule has 1 aromatic heterocycles. The summed E-state index contributed by atoms with van der Waals surface area (Å²) in [5.74, 6) is -0.0348. The zero-order valence-corrected chi connectivity index (χ0v) is 15.9. The predicted molar refractivity (Wildman–Crippen MR) is 102 cm³/mol. The number of nitrogens with zero attached hydrogens (tertiary/aromatic N) is 3. The molecule has 2 aromatic rings. The Morgan fingerprint density at radius 1 is 1.41 bits per heavy atom. The second kappa shape index (κ2) is 8.36. The minimum absolute atomic E-state index is 0.0348. The van der Waals surface area contributed by atoms with Gasteiger partial charge in [0.1, 0.15) is 5.69 Å². The minimum atomic E-state index is -0.355. The second-order valence-electron chi connectivity index (χ2n) is 6.43. The first kappa shape index (κ1) is 19.1. The average Bonchev–Trinajstić information content (AvgIpc) is 3.31. The van der Waals surface area contributed by atoms with Gasteiger partial charge in [0.2, 0.25) is 5.91 Å². The topological polar surface area (TPSA) is 113 Å². The van der Waals surface area contributed by atoms with Crippen LogP contribution >= 0.6 is 11.6 Å². The fourth-order valence-corrected chi connectivity index (χ4v) is 3.06. The highest BCUT2D eigenvalue weighted by Gasteiger charge is 2.30. The van der Waals surface area contributed by atoms with Crippen LogP contribution in [0, 0.1) is 6.92 Å². The van der Waals surface area contributed by atoms with Gasteiger partial charge in [-0.05, 0) is 31.0 Å². The molecule has 0 unspecified atom stereocenters. The molecule has 144 valence electrons. The molecule has 0 bridgehead atoms. The fraction of sp³-hybridized carbons (Fsp3) is 0.412. The number of halogens is 1. The Kier molecular flexibility index (Phi) is 5.92. The van der Waals surface area contributed by atoms with E-state index in [9.17, 15) is 9.59 Å². The highest BCUT2D eigenvalue weighted by molar-refractivity contribution is 6.31. The van der Waals surface area contributed by atoms with Gasteiger partial charge in [-0.15, -0.1) is 5.10 Å². The Bertz CT molecular complexity index is 838. The number of carbonyl (C=O) groups is 2. The maximum Gasteiger partial charge on any atom is 0.319 e. The lowest BCUT2D eigenvalue weighted by Gasteiger charge is -2.09. The molecule has 0 saturated carbocycles. The Morgan fingerprint density at radius 3 is 2.96 bits per heavy atom. The molecule has 2 heterocycles. The maximum absolute atomic E-state index is 12.0. The molecule has 3 amide bonds. The summed E-state index contributed by atoms with van der Waals surface area (Å²) < 4.78 is 1.73. The van der Waals surface area contributed by atoms with E-state index in [1.54, 1.807) is 30.1 Å². The number of aryl methyl sites for hydroxylation is 1. The fourth-order valence-electron chi connectivity index (χ4n) is 2.88. The van der Waals surface area contributed by atoms with Crippen molar-refractivity contribution in [3.05, 3.63) is 40.7 Å². The zero-order valence-electron chi connectivity index (χ0n) is 15.1. The van der Waals surface area contributed by atoms with Crippen LogP contribution < -0.4 is 21.3 Å². The van der Waals surface area contributed by atoms with Crippen LogP contribution in [0.25, 0.3) is 0 Å². The van der Waals surface area contributed by atoms with E-state index in [1.807, 2.05) is 13.0 Å². The van der Waals surface area contributed by atoms with Gasteiger partial charge < -0.3 is 21.3 Å². The molecule has 10 heteroatoms. The Hall–Kier alpha value is -2.65. The van der Waals surface area contributed by atoms with Crippen molar-refractivity contribution in [2.45, 2.75) is 32.0 Å². The molecule has 1 aliphatic heterocycles. The van der Waals surface area contributed by atoms with Crippen LogP contribution in [0.4, 0.5) is 10.5 Å². The molecule has 2 atom stereocenters. The number of amides is 3. The molecule has 1 aromatic carbocycles. The van der Waals surface area contributed by atoms with Crippen molar-refractivity contribution in [3.8, 4) is 0 Å². The number of nitrogens with one attached hydrogen (secondary N) is 4. The molecule has 3 rings (SSSR count). The van der Waals surface area contributed by atoms with Crippen LogP contribution in [0.3, 0.4) is 0 Å². The van der Waals surface area contributed by atoms with Gasteiger partial charge in [-0.2, -0.15) is 0 Å². The largest absolute Gasteiger partial charge is 0.358 e. The van der Waals surface area contributed by atoms with Crippen molar-refractivity contribution < 1.29 is 9.59 Å². The SMILES string of the molecule is CNC(=O)[C@@H]1C[C@H](n2cc(CNC(=O)Nc3ccc(C)c(Cl)c3)nn2)CN1. The number of benzene rings is 1. The number of hydrogen-bond donors (Lipinski definition) is 4. The van der Waals surface area contributed by atoms with E-state index in [0.29, 0.717) is 29.4 Å². The highest BCUT2D eigenvalue weighted by atomic mass is 35.5. The van der Waals surface area contributed by atoms with Crippen LogP contribution in [0.2, 0.25) is 5.02 Å². The smallest absolute Gasteiger partial charge is 0.319 e. The Morgan fingerprint density at radius 2 is 2.22 bits per heavy atom. The number of hydrogen-bond acceptors (Lipinski definition) is 5. The monoisotopic (exact) mass is 391 g/mol. The van der Waals surface area contributed by atoms with Crippen LogP contribution in [0.5, 0.6) is 0 Å². The van der Waals surface area contributed by atoms with Gasteiger partial charge in [-0.1, -0.05) is 22.9 Å². The Balaban J connectivity index is 1.50. The van der Waals surface area contributed by atoms with Crippen molar-refractivity contribution in [2.75, 3.05) is 18.9 Å². The first-order chi connectivity index (χ1) is 13.0. The van der Waals surface area contributed by atoms with E-state index in [0.717, 1.165) is 5.56 Å². The third-order valence-electron chi connectivity index (χ3n) is 4.46. The quantitative estimate of drug-likeness (QED) is 0.612. The number of aromatic nitrogens is 3. The summed E-state index contributed by atoms with van der Waals surface area (Å²) >= 11 is 6.05. The molecule has 0 radical (unpaired) electrons. The summed E-state index contributed by atoms with van der Waals surface area (Å²) in [6.45, 7) is 2.78. The molecule has 9 nitrogen and oxygen atoms in total. The summed E-state index contributed by atoms with van der Waals surface area (Å²) in [6.07, 6.45) is 2.42. The number of rotatable bonds is 5. The van der Waals surface area contributed by atoms with E-state index < -0.39 is 0 Å². The lowest BCUT2D eigenvalue weighted by molar-refractivity contribution is -0.122. The van der Waals surface area contributed by atoms with Gasteiger partial charge in [0.15, 0.2) is 0 Å². The molecule has 4 N–H and O–H groups in total. The third-order valence-corrected chi connectivity index (χ3v) is 4.87. The van der Waals surface area contributed by atoms with E-state index in [2.05, 4.69) is 31.6 Å². The third kappa shape index (κ3) is 4.75. The molecule has 1 aliphatic rings. The van der Waals surface area contributed by atoms with Gasteiger partial charge in [0.05, 0.1) is 24.8 Å². The van der Waals surface area contributed by atoms with Gasteiger partial charge in [0.25, 0.3) is 0 Å². The van der Waals surface area contributed by atoms with Crippen molar-refractivity contribution >= 4 is 29.2 Å². The average molecular weight is 392 g/mol. The summed E-state index contributed by atoms with van der Waals surface area (Å²) in [4.78, 5) is 23.7. The van der Waals surface area contributed by atoms with Gasteiger partial charge in [0, 0.05) is 24.3 Å². The van der Waals surface area contributed by atoms with Gasteiger partial charge >= 0.3 is 6.03 Å². The van der Waals surface area contributed by atoms with E-state index in [-0.39, 0.29) is 30.6 Å². The molecule has 1 fully saturated rings. The highest BCUT2D eigenvalue weighted by Crippen LogP contribution is 2.20.